The highest BCUT2D eigenvalue weighted by Crippen LogP contribution is 2.21. The first-order valence-electron chi connectivity index (χ1n) is 7.45. The fourth-order valence-electron chi connectivity index (χ4n) is 2.15. The molecule has 0 fully saturated rings. The average molecular weight is 341 g/mol. The van der Waals surface area contributed by atoms with E-state index in [9.17, 15) is 9.59 Å². The highest BCUT2D eigenvalue weighted by molar-refractivity contribution is 5.88. The highest BCUT2D eigenvalue weighted by Gasteiger charge is 2.09. The number of nitrogens with one attached hydrogen (secondary N) is 3. The predicted molar refractivity (Wildman–Crippen MR) is 91.2 cm³/mol. The van der Waals surface area contributed by atoms with Gasteiger partial charge in [-0.1, -0.05) is 0 Å². The average Bonchev–Trinajstić information content (AvgIpc) is 2.97. The fourth-order valence-corrected chi connectivity index (χ4v) is 2.15. The van der Waals surface area contributed by atoms with Crippen LogP contribution in [0.4, 0.5) is 22.1 Å². The molecule has 0 saturated heterocycles. The van der Waals surface area contributed by atoms with Gasteiger partial charge >= 0.3 is 12.1 Å². The molecule has 0 atom stereocenters. The van der Waals surface area contributed by atoms with E-state index < -0.39 is 12.1 Å². The summed E-state index contributed by atoms with van der Waals surface area (Å²) < 4.78 is 4.79. The van der Waals surface area contributed by atoms with Gasteiger partial charge in [-0.15, -0.1) is 0 Å². The van der Waals surface area contributed by atoms with E-state index in [1.54, 1.807) is 31.3 Å². The number of aromatic carboxylic acids is 1. The number of nitrogens with zero attached hydrogens (tertiary/aromatic N) is 2. The number of benzene rings is 1. The van der Waals surface area contributed by atoms with Crippen molar-refractivity contribution in [3.05, 3.63) is 42.1 Å². The van der Waals surface area contributed by atoms with Gasteiger partial charge in [-0.25, -0.2) is 14.6 Å². The van der Waals surface area contributed by atoms with Gasteiger partial charge in [0.15, 0.2) is 5.65 Å². The predicted octanol–water partition coefficient (Wildman–Crippen LogP) is 2.97. The van der Waals surface area contributed by atoms with Crippen LogP contribution in [0, 0.1) is 0 Å². The molecule has 0 aliphatic carbocycles. The van der Waals surface area contributed by atoms with Crippen LogP contribution in [0.2, 0.25) is 0 Å². The Balaban J connectivity index is 1.76. The first kappa shape index (κ1) is 16.2. The van der Waals surface area contributed by atoms with Crippen molar-refractivity contribution in [3.63, 3.8) is 0 Å². The molecule has 9 heteroatoms. The summed E-state index contributed by atoms with van der Waals surface area (Å²) in [5.41, 5.74) is 2.68. The molecule has 2 heterocycles. The molecular weight excluding hydrogens is 326 g/mol. The van der Waals surface area contributed by atoms with Crippen LogP contribution < -0.4 is 10.6 Å². The second-order valence-electron chi connectivity index (χ2n) is 5.03. The largest absolute Gasteiger partial charge is 0.478 e. The maximum Gasteiger partial charge on any atom is 0.413 e. The summed E-state index contributed by atoms with van der Waals surface area (Å²) >= 11 is 0. The molecule has 2 aromatic heterocycles. The van der Waals surface area contributed by atoms with E-state index in [-0.39, 0.29) is 18.1 Å². The number of aromatic amines is 1. The molecule has 4 N–H and O–H groups in total. The molecule has 0 aliphatic rings. The third-order valence-corrected chi connectivity index (χ3v) is 3.25. The summed E-state index contributed by atoms with van der Waals surface area (Å²) in [5, 5.41) is 14.5. The monoisotopic (exact) mass is 341 g/mol. The number of carbonyl (C=O) groups excluding carboxylic acids is 1. The number of rotatable bonds is 5. The minimum absolute atomic E-state index is 0.211. The van der Waals surface area contributed by atoms with Crippen LogP contribution in [-0.2, 0) is 4.74 Å². The van der Waals surface area contributed by atoms with Crippen molar-refractivity contribution in [2.45, 2.75) is 6.92 Å². The lowest BCUT2D eigenvalue weighted by atomic mass is 10.2. The standard InChI is InChI=1S/C16H15N5O4/c1-2-25-16(24)21-15-19-12-7-11(8-17-13(12)20-15)18-10-5-3-9(4-6-10)14(22)23/h3-8,18H,2H2,1H3,(H,22,23)(H2,17,19,20,21,24). The first-order chi connectivity index (χ1) is 12.0. The number of hydrogen-bond donors (Lipinski definition) is 4. The van der Waals surface area contributed by atoms with Crippen LogP contribution in [0.15, 0.2) is 36.5 Å². The first-order valence-corrected chi connectivity index (χ1v) is 7.45. The second kappa shape index (κ2) is 6.87. The summed E-state index contributed by atoms with van der Waals surface area (Å²) in [5.74, 6) is -0.738. The number of imidazole rings is 1. The molecule has 0 spiro atoms. The zero-order valence-electron chi connectivity index (χ0n) is 13.2. The fraction of sp³-hybridized carbons (Fsp3) is 0.125. The number of carbonyl (C=O) groups is 2. The van der Waals surface area contributed by atoms with Gasteiger partial charge in [0, 0.05) is 5.69 Å². The highest BCUT2D eigenvalue weighted by atomic mass is 16.5. The van der Waals surface area contributed by atoms with Crippen LogP contribution in [0.1, 0.15) is 17.3 Å². The van der Waals surface area contributed by atoms with Gasteiger partial charge in [-0.3, -0.25) is 5.32 Å². The summed E-state index contributed by atoms with van der Waals surface area (Å²) in [7, 11) is 0. The van der Waals surface area contributed by atoms with Gasteiger partial charge in [0.1, 0.15) is 0 Å². The molecule has 1 amide bonds. The van der Waals surface area contributed by atoms with E-state index in [4.69, 9.17) is 9.84 Å². The van der Waals surface area contributed by atoms with Crippen LogP contribution in [0.25, 0.3) is 11.2 Å². The Morgan fingerprint density at radius 2 is 2.00 bits per heavy atom. The maximum atomic E-state index is 11.4. The Labute approximate surface area is 142 Å². The van der Waals surface area contributed by atoms with Crippen molar-refractivity contribution in [1.29, 1.82) is 0 Å². The zero-order valence-corrected chi connectivity index (χ0v) is 13.2. The van der Waals surface area contributed by atoms with E-state index in [1.165, 1.54) is 12.1 Å². The van der Waals surface area contributed by atoms with Crippen molar-refractivity contribution < 1.29 is 19.4 Å². The molecule has 128 valence electrons. The van der Waals surface area contributed by atoms with Gasteiger partial charge in [-0.2, -0.15) is 4.98 Å². The number of hydrogen-bond acceptors (Lipinski definition) is 6. The smallest absolute Gasteiger partial charge is 0.413 e. The maximum absolute atomic E-state index is 11.4. The van der Waals surface area contributed by atoms with Crippen molar-refractivity contribution in [1.82, 2.24) is 15.0 Å². The van der Waals surface area contributed by atoms with E-state index >= 15 is 0 Å². The lowest BCUT2D eigenvalue weighted by Crippen LogP contribution is -2.14. The normalized spacial score (nSPS) is 10.4. The SMILES string of the molecule is CCOC(=O)Nc1nc2ncc(Nc3ccc(C(=O)O)cc3)cc2[nH]1. The summed E-state index contributed by atoms with van der Waals surface area (Å²) in [6, 6.07) is 8.11. The Morgan fingerprint density at radius 3 is 2.68 bits per heavy atom. The number of carboxylic acid groups (broad SMARTS) is 1. The molecule has 0 unspecified atom stereocenters. The quantitative estimate of drug-likeness (QED) is 0.561. The number of aromatic nitrogens is 3. The number of pyridine rings is 1. The van der Waals surface area contributed by atoms with E-state index in [0.29, 0.717) is 16.9 Å². The second-order valence-corrected chi connectivity index (χ2v) is 5.03. The molecular formula is C16H15N5O4. The molecule has 25 heavy (non-hydrogen) atoms. The van der Waals surface area contributed by atoms with Gasteiger partial charge in [0.05, 0.1) is 29.6 Å². The van der Waals surface area contributed by atoms with Crippen LogP contribution in [0.3, 0.4) is 0 Å². The summed E-state index contributed by atoms with van der Waals surface area (Å²) in [6.07, 6.45) is 0.987. The van der Waals surface area contributed by atoms with Gasteiger partial charge in [-0.05, 0) is 37.3 Å². The van der Waals surface area contributed by atoms with E-state index in [0.717, 1.165) is 5.69 Å². The molecule has 0 bridgehead atoms. The number of carboxylic acids is 1. The number of fused-ring (bicyclic) bond motifs is 1. The lowest BCUT2D eigenvalue weighted by Gasteiger charge is -2.06. The molecule has 0 radical (unpaired) electrons. The number of ether oxygens (including phenoxy) is 1. The van der Waals surface area contributed by atoms with Crippen molar-refractivity contribution in [3.8, 4) is 0 Å². The number of anilines is 3. The summed E-state index contributed by atoms with van der Waals surface area (Å²) in [6.45, 7) is 1.97. The number of H-pyrrole nitrogens is 1. The third kappa shape index (κ3) is 3.83. The van der Waals surface area contributed by atoms with Crippen LogP contribution in [-0.4, -0.2) is 38.7 Å². The zero-order chi connectivity index (χ0) is 17.8. The van der Waals surface area contributed by atoms with E-state index in [2.05, 4.69) is 25.6 Å². The molecule has 0 saturated carbocycles. The van der Waals surface area contributed by atoms with Crippen molar-refractivity contribution >= 4 is 40.5 Å². The minimum Gasteiger partial charge on any atom is -0.478 e. The van der Waals surface area contributed by atoms with Gasteiger partial charge < -0.3 is 20.1 Å². The van der Waals surface area contributed by atoms with Crippen molar-refractivity contribution in [2.75, 3.05) is 17.2 Å². The molecule has 9 nitrogen and oxygen atoms in total. The Bertz CT molecular complexity index is 920. The molecule has 3 rings (SSSR count). The summed E-state index contributed by atoms with van der Waals surface area (Å²) in [4.78, 5) is 33.5. The van der Waals surface area contributed by atoms with Crippen LogP contribution in [0.5, 0.6) is 0 Å². The van der Waals surface area contributed by atoms with Gasteiger partial charge in [0.25, 0.3) is 0 Å². The Hall–Kier alpha value is -3.62. The Kier molecular flexibility index (Phi) is 4.46. The lowest BCUT2D eigenvalue weighted by molar-refractivity contribution is 0.0697. The van der Waals surface area contributed by atoms with Crippen molar-refractivity contribution in [2.24, 2.45) is 0 Å². The Morgan fingerprint density at radius 1 is 1.24 bits per heavy atom. The topological polar surface area (TPSA) is 129 Å². The molecule has 1 aromatic carbocycles. The molecule has 0 aliphatic heterocycles. The molecule has 3 aromatic rings. The third-order valence-electron chi connectivity index (χ3n) is 3.25. The number of amides is 1. The minimum atomic E-state index is -0.978. The van der Waals surface area contributed by atoms with Crippen LogP contribution >= 0.6 is 0 Å². The van der Waals surface area contributed by atoms with E-state index in [1.807, 2.05) is 0 Å². The van der Waals surface area contributed by atoms with Gasteiger partial charge in [0.2, 0.25) is 5.95 Å².